The lowest BCUT2D eigenvalue weighted by atomic mass is 10.0. The van der Waals surface area contributed by atoms with Crippen LogP contribution in [0, 0.1) is 0 Å². The number of ether oxygens (including phenoxy) is 1. The molecule has 0 radical (unpaired) electrons. The summed E-state index contributed by atoms with van der Waals surface area (Å²) in [6.07, 6.45) is 0.232. The number of hydrogen-bond donors (Lipinski definition) is 1. The van der Waals surface area contributed by atoms with Gasteiger partial charge in [0.25, 0.3) is 0 Å². The number of rotatable bonds is 4. The van der Waals surface area contributed by atoms with E-state index in [4.69, 9.17) is 9.84 Å². The molecule has 1 aliphatic heterocycles. The van der Waals surface area contributed by atoms with Gasteiger partial charge in [-0.05, 0) is 31.7 Å². The van der Waals surface area contributed by atoms with Gasteiger partial charge < -0.3 is 9.84 Å². The molecule has 1 aromatic carbocycles. The van der Waals surface area contributed by atoms with E-state index in [1.165, 1.54) is 0 Å². The van der Waals surface area contributed by atoms with Crippen LogP contribution in [0.5, 0.6) is 5.75 Å². The smallest absolute Gasteiger partial charge is 0.310 e. The second-order valence-corrected chi connectivity index (χ2v) is 4.59. The van der Waals surface area contributed by atoms with Crippen LogP contribution >= 0.6 is 0 Å². The van der Waals surface area contributed by atoms with Crippen LogP contribution in [-0.4, -0.2) is 42.2 Å². The molecule has 2 rings (SSSR count). The van der Waals surface area contributed by atoms with E-state index in [1.54, 1.807) is 6.92 Å². The van der Waals surface area contributed by atoms with Crippen molar-refractivity contribution in [3.8, 4) is 5.75 Å². The predicted molar refractivity (Wildman–Crippen MR) is 64.4 cm³/mol. The summed E-state index contributed by atoms with van der Waals surface area (Å²) < 4.78 is 5.76. The van der Waals surface area contributed by atoms with Crippen LogP contribution in [0.1, 0.15) is 18.4 Å². The minimum Gasteiger partial charge on any atom is -0.488 e. The third-order valence-electron chi connectivity index (χ3n) is 3.06. The SMILES string of the molecule is CC(C(=O)O)c1cccc(OC2CN(C)C2)c1. The average Bonchev–Trinajstić information content (AvgIpc) is 2.26. The summed E-state index contributed by atoms with van der Waals surface area (Å²) in [5.41, 5.74) is 0.780. The van der Waals surface area contributed by atoms with Crippen LogP contribution in [0.25, 0.3) is 0 Å². The first-order valence-corrected chi connectivity index (χ1v) is 5.74. The summed E-state index contributed by atoms with van der Waals surface area (Å²) >= 11 is 0. The molecule has 0 saturated carbocycles. The maximum atomic E-state index is 10.9. The summed E-state index contributed by atoms with van der Waals surface area (Å²) in [6.45, 7) is 3.54. The summed E-state index contributed by atoms with van der Waals surface area (Å²) in [6, 6.07) is 7.35. The summed E-state index contributed by atoms with van der Waals surface area (Å²) in [5.74, 6) is -0.554. The molecule has 4 nitrogen and oxygen atoms in total. The fourth-order valence-electron chi connectivity index (χ4n) is 1.91. The number of likely N-dealkylation sites (N-methyl/N-ethyl adjacent to an activating group) is 1. The Kier molecular flexibility index (Phi) is 3.33. The van der Waals surface area contributed by atoms with Gasteiger partial charge in [0.15, 0.2) is 0 Å². The molecule has 0 spiro atoms. The van der Waals surface area contributed by atoms with Crippen molar-refractivity contribution in [3.05, 3.63) is 29.8 Å². The van der Waals surface area contributed by atoms with E-state index < -0.39 is 11.9 Å². The molecular formula is C13H17NO3. The van der Waals surface area contributed by atoms with Crippen molar-refractivity contribution >= 4 is 5.97 Å². The van der Waals surface area contributed by atoms with E-state index in [-0.39, 0.29) is 6.10 Å². The minimum atomic E-state index is -0.814. The quantitative estimate of drug-likeness (QED) is 0.860. The Morgan fingerprint density at radius 2 is 2.24 bits per heavy atom. The Labute approximate surface area is 101 Å². The average molecular weight is 235 g/mol. The van der Waals surface area contributed by atoms with Gasteiger partial charge in [0.2, 0.25) is 0 Å². The van der Waals surface area contributed by atoms with Crippen molar-refractivity contribution in [2.45, 2.75) is 18.9 Å². The van der Waals surface area contributed by atoms with Gasteiger partial charge in [-0.15, -0.1) is 0 Å². The molecule has 1 fully saturated rings. The minimum absolute atomic E-state index is 0.232. The molecule has 1 heterocycles. The number of hydrogen-bond acceptors (Lipinski definition) is 3. The van der Waals surface area contributed by atoms with Gasteiger partial charge in [0, 0.05) is 13.1 Å². The number of aliphatic carboxylic acids is 1. The zero-order valence-corrected chi connectivity index (χ0v) is 10.1. The maximum Gasteiger partial charge on any atom is 0.310 e. The topological polar surface area (TPSA) is 49.8 Å². The maximum absolute atomic E-state index is 10.9. The van der Waals surface area contributed by atoms with Crippen LogP contribution in [0.4, 0.5) is 0 Å². The highest BCUT2D eigenvalue weighted by Gasteiger charge is 2.25. The van der Waals surface area contributed by atoms with Crippen molar-refractivity contribution in [3.63, 3.8) is 0 Å². The Morgan fingerprint density at radius 1 is 1.53 bits per heavy atom. The molecule has 0 bridgehead atoms. The van der Waals surface area contributed by atoms with E-state index in [9.17, 15) is 4.79 Å². The van der Waals surface area contributed by atoms with Crippen molar-refractivity contribution < 1.29 is 14.6 Å². The summed E-state index contributed by atoms with van der Waals surface area (Å²) in [7, 11) is 2.04. The van der Waals surface area contributed by atoms with Gasteiger partial charge in [0.05, 0.1) is 5.92 Å². The lowest BCUT2D eigenvalue weighted by molar-refractivity contribution is -0.138. The molecule has 92 valence electrons. The molecule has 4 heteroatoms. The number of benzene rings is 1. The first-order valence-electron chi connectivity index (χ1n) is 5.74. The van der Waals surface area contributed by atoms with Gasteiger partial charge in [-0.3, -0.25) is 9.69 Å². The van der Waals surface area contributed by atoms with Crippen LogP contribution in [0.3, 0.4) is 0 Å². The lowest BCUT2D eigenvalue weighted by Crippen LogP contribution is -2.51. The molecule has 1 atom stereocenters. The molecule has 1 aromatic rings. The van der Waals surface area contributed by atoms with Crippen LogP contribution in [0.15, 0.2) is 24.3 Å². The zero-order chi connectivity index (χ0) is 12.4. The zero-order valence-electron chi connectivity index (χ0n) is 10.1. The van der Waals surface area contributed by atoms with Crippen molar-refractivity contribution in [2.75, 3.05) is 20.1 Å². The number of nitrogens with zero attached hydrogens (tertiary/aromatic N) is 1. The van der Waals surface area contributed by atoms with Crippen LogP contribution in [-0.2, 0) is 4.79 Å². The highest BCUT2D eigenvalue weighted by molar-refractivity contribution is 5.75. The Morgan fingerprint density at radius 3 is 2.82 bits per heavy atom. The van der Waals surface area contributed by atoms with Crippen molar-refractivity contribution in [2.24, 2.45) is 0 Å². The number of carbonyl (C=O) groups is 1. The van der Waals surface area contributed by atoms with E-state index >= 15 is 0 Å². The van der Waals surface area contributed by atoms with E-state index in [2.05, 4.69) is 4.90 Å². The molecular weight excluding hydrogens is 218 g/mol. The highest BCUT2D eigenvalue weighted by Crippen LogP contribution is 2.23. The first kappa shape index (κ1) is 11.9. The van der Waals surface area contributed by atoms with Crippen LogP contribution < -0.4 is 4.74 Å². The molecule has 1 saturated heterocycles. The van der Waals surface area contributed by atoms with Gasteiger partial charge in [0.1, 0.15) is 11.9 Å². The number of carboxylic acid groups (broad SMARTS) is 1. The third-order valence-corrected chi connectivity index (χ3v) is 3.06. The molecule has 17 heavy (non-hydrogen) atoms. The van der Waals surface area contributed by atoms with E-state index in [0.29, 0.717) is 0 Å². The normalized spacial score (nSPS) is 18.5. The van der Waals surface area contributed by atoms with Crippen molar-refractivity contribution in [1.29, 1.82) is 0 Å². The van der Waals surface area contributed by atoms with Crippen LogP contribution in [0.2, 0.25) is 0 Å². The lowest BCUT2D eigenvalue weighted by Gasteiger charge is -2.36. The van der Waals surface area contributed by atoms with E-state index in [1.807, 2.05) is 31.3 Å². The Hall–Kier alpha value is -1.55. The second kappa shape index (κ2) is 4.75. The molecule has 0 aromatic heterocycles. The number of carboxylic acids is 1. The Bertz CT molecular complexity index is 413. The molecule has 1 N–H and O–H groups in total. The fraction of sp³-hybridized carbons (Fsp3) is 0.462. The van der Waals surface area contributed by atoms with Gasteiger partial charge in [-0.25, -0.2) is 0 Å². The molecule has 0 amide bonds. The Balaban J connectivity index is 2.03. The third kappa shape index (κ3) is 2.77. The van der Waals surface area contributed by atoms with Gasteiger partial charge in [-0.1, -0.05) is 12.1 Å². The first-order chi connectivity index (χ1) is 8.06. The fourth-order valence-corrected chi connectivity index (χ4v) is 1.91. The molecule has 0 aliphatic carbocycles. The van der Waals surface area contributed by atoms with Crippen molar-refractivity contribution in [1.82, 2.24) is 4.90 Å². The van der Waals surface area contributed by atoms with Gasteiger partial charge >= 0.3 is 5.97 Å². The monoisotopic (exact) mass is 235 g/mol. The summed E-state index contributed by atoms with van der Waals surface area (Å²) in [5, 5.41) is 8.95. The summed E-state index contributed by atoms with van der Waals surface area (Å²) in [4.78, 5) is 13.1. The predicted octanol–water partition coefficient (Wildman–Crippen LogP) is 1.57. The largest absolute Gasteiger partial charge is 0.488 e. The number of likely N-dealkylation sites (tertiary alicyclic amines) is 1. The standard InChI is InChI=1S/C13H17NO3/c1-9(13(15)16)10-4-3-5-11(6-10)17-12-7-14(2)8-12/h3-6,9,12H,7-8H2,1-2H3,(H,15,16). The highest BCUT2D eigenvalue weighted by atomic mass is 16.5. The van der Waals surface area contributed by atoms with E-state index in [0.717, 1.165) is 24.4 Å². The molecule has 1 aliphatic rings. The molecule has 1 unspecified atom stereocenters. The second-order valence-electron chi connectivity index (χ2n) is 4.59. The van der Waals surface area contributed by atoms with Gasteiger partial charge in [-0.2, -0.15) is 0 Å².